The lowest BCUT2D eigenvalue weighted by Crippen LogP contribution is -2.42. The van der Waals surface area contributed by atoms with E-state index in [0.29, 0.717) is 13.1 Å². The van der Waals surface area contributed by atoms with Crippen molar-refractivity contribution in [1.82, 2.24) is 4.90 Å². The summed E-state index contributed by atoms with van der Waals surface area (Å²) in [6.45, 7) is 6.31. The van der Waals surface area contributed by atoms with Crippen LogP contribution in [0.1, 0.15) is 20.8 Å². The first-order chi connectivity index (χ1) is 7.13. The molecule has 0 unspecified atom stereocenters. The molecular weight excluding hydrogens is 264 g/mol. The Balaban J connectivity index is 0. The van der Waals surface area contributed by atoms with Gasteiger partial charge in [0.1, 0.15) is 5.75 Å². The monoisotopic (exact) mass is 286 g/mol. The van der Waals surface area contributed by atoms with Crippen molar-refractivity contribution in [3.8, 4) is 0 Å². The molecule has 0 saturated heterocycles. The maximum atomic E-state index is 11.6. The highest BCUT2D eigenvalue weighted by Gasteiger charge is 2.23. The van der Waals surface area contributed by atoms with Gasteiger partial charge in [0.15, 0.2) is 9.84 Å². The van der Waals surface area contributed by atoms with Gasteiger partial charge in [-0.05, 0) is 12.0 Å². The first-order valence-electron chi connectivity index (χ1n) is 5.28. The van der Waals surface area contributed by atoms with Crippen molar-refractivity contribution in [2.45, 2.75) is 20.8 Å². The van der Waals surface area contributed by atoms with Crippen molar-refractivity contribution in [1.29, 1.82) is 0 Å². The Morgan fingerprint density at radius 2 is 1.82 bits per heavy atom. The number of nitrogens with zero attached hydrogens (tertiary/aromatic N) is 1. The van der Waals surface area contributed by atoms with Crippen LogP contribution in [0.25, 0.3) is 0 Å². The molecule has 0 aromatic carbocycles. The van der Waals surface area contributed by atoms with Gasteiger partial charge in [-0.25, -0.2) is 8.42 Å². The van der Waals surface area contributed by atoms with E-state index in [1.807, 2.05) is 13.8 Å². The van der Waals surface area contributed by atoms with Crippen LogP contribution in [-0.4, -0.2) is 50.9 Å². The molecule has 0 heterocycles. The molecule has 7 heteroatoms. The molecule has 0 spiro atoms. The van der Waals surface area contributed by atoms with E-state index in [0.717, 1.165) is 0 Å². The Morgan fingerprint density at radius 1 is 1.35 bits per heavy atom. The van der Waals surface area contributed by atoms with Gasteiger partial charge in [0, 0.05) is 19.3 Å². The molecule has 0 saturated carbocycles. The van der Waals surface area contributed by atoms with Gasteiger partial charge in [0.25, 0.3) is 0 Å². The molecule has 0 aliphatic carbocycles. The normalized spacial score (nSPS) is 11.8. The lowest BCUT2D eigenvalue weighted by Gasteiger charge is -2.28. The summed E-state index contributed by atoms with van der Waals surface area (Å²) >= 11 is 0. The van der Waals surface area contributed by atoms with E-state index < -0.39 is 15.6 Å². The van der Waals surface area contributed by atoms with Crippen molar-refractivity contribution in [3.63, 3.8) is 0 Å². The fourth-order valence-electron chi connectivity index (χ4n) is 1.20. The molecule has 17 heavy (non-hydrogen) atoms. The van der Waals surface area contributed by atoms with Gasteiger partial charge < -0.3 is 10.6 Å². The summed E-state index contributed by atoms with van der Waals surface area (Å²) in [6.07, 6.45) is 0. The van der Waals surface area contributed by atoms with E-state index in [9.17, 15) is 13.2 Å². The number of hydrogen-bond donors (Lipinski definition) is 1. The molecule has 0 radical (unpaired) electrons. The Hall–Kier alpha value is -0.330. The summed E-state index contributed by atoms with van der Waals surface area (Å²) < 4.78 is 22.6. The van der Waals surface area contributed by atoms with E-state index >= 15 is 0 Å². The predicted molar refractivity (Wildman–Crippen MR) is 72.0 cm³/mol. The average molecular weight is 287 g/mol. The van der Waals surface area contributed by atoms with Crippen LogP contribution in [-0.2, 0) is 14.6 Å². The second kappa shape index (κ2) is 7.18. The average Bonchev–Trinajstić information content (AvgIpc) is 2.16. The summed E-state index contributed by atoms with van der Waals surface area (Å²) in [4.78, 5) is 13.0. The molecule has 0 aliphatic rings. The van der Waals surface area contributed by atoms with Crippen LogP contribution < -0.4 is 5.73 Å². The number of carbonyl (C=O) groups is 1. The van der Waals surface area contributed by atoms with Crippen LogP contribution in [0.5, 0.6) is 0 Å². The smallest absolute Gasteiger partial charge is 0.237 e. The van der Waals surface area contributed by atoms with Gasteiger partial charge in [0.2, 0.25) is 5.91 Å². The molecule has 0 fully saturated rings. The molecule has 0 atom stereocenters. The van der Waals surface area contributed by atoms with Crippen molar-refractivity contribution >= 4 is 28.2 Å². The number of halogens is 1. The van der Waals surface area contributed by atoms with Gasteiger partial charge in [-0.15, -0.1) is 12.4 Å². The summed E-state index contributed by atoms with van der Waals surface area (Å²) in [7, 11) is -1.65. The van der Waals surface area contributed by atoms with Crippen molar-refractivity contribution in [2.75, 3.05) is 31.6 Å². The maximum absolute atomic E-state index is 11.6. The van der Waals surface area contributed by atoms with Crippen LogP contribution in [0.15, 0.2) is 0 Å². The minimum Gasteiger partial charge on any atom is -0.344 e. The Morgan fingerprint density at radius 3 is 2.18 bits per heavy atom. The zero-order valence-corrected chi connectivity index (χ0v) is 12.5. The summed E-state index contributed by atoms with van der Waals surface area (Å²) in [5.74, 6) is -0.795. The van der Waals surface area contributed by atoms with Crippen LogP contribution in [0.4, 0.5) is 0 Å². The molecular formula is C10H23ClN2O3S. The van der Waals surface area contributed by atoms with E-state index in [1.165, 1.54) is 11.8 Å². The highest BCUT2D eigenvalue weighted by molar-refractivity contribution is 7.92. The van der Waals surface area contributed by atoms with Gasteiger partial charge >= 0.3 is 0 Å². The quantitative estimate of drug-likeness (QED) is 0.761. The van der Waals surface area contributed by atoms with Gasteiger partial charge in [-0.1, -0.05) is 20.8 Å². The van der Waals surface area contributed by atoms with Crippen molar-refractivity contribution in [2.24, 2.45) is 11.1 Å². The van der Waals surface area contributed by atoms with Crippen LogP contribution in [0.3, 0.4) is 0 Å². The molecule has 5 nitrogen and oxygen atoms in total. The van der Waals surface area contributed by atoms with Gasteiger partial charge in [-0.3, -0.25) is 4.79 Å². The van der Waals surface area contributed by atoms with E-state index in [-0.39, 0.29) is 29.5 Å². The molecule has 0 bridgehead atoms. The van der Waals surface area contributed by atoms with E-state index in [1.54, 1.807) is 7.05 Å². The Labute approximate surface area is 110 Å². The molecule has 0 aliphatic heterocycles. The summed E-state index contributed by atoms with van der Waals surface area (Å²) in [5.41, 5.74) is 5.36. The molecule has 104 valence electrons. The first-order valence-corrected chi connectivity index (χ1v) is 7.10. The molecule has 0 rings (SSSR count). The third-order valence-electron chi connectivity index (χ3n) is 2.43. The zero-order chi connectivity index (χ0) is 13.0. The minimum atomic E-state index is -3.25. The lowest BCUT2D eigenvalue weighted by molar-refractivity contribution is -0.128. The van der Waals surface area contributed by atoms with Gasteiger partial charge in [-0.2, -0.15) is 0 Å². The van der Waals surface area contributed by atoms with Crippen LogP contribution in [0, 0.1) is 5.41 Å². The fourth-order valence-corrected chi connectivity index (χ4v) is 2.00. The predicted octanol–water partition coefficient (Wildman–Crippen LogP) is 0.286. The number of carbonyl (C=O) groups excluding carboxylic acids is 1. The standard InChI is InChI=1S/C10H22N2O3S.ClH/c1-5-16(14,15)6-9(13)12(4)8-10(2,3)7-11;/h5-8,11H2,1-4H3;1H. The van der Waals surface area contributed by atoms with E-state index in [4.69, 9.17) is 5.73 Å². The number of sulfone groups is 1. The Kier molecular flexibility index (Phi) is 8.03. The number of hydrogen-bond acceptors (Lipinski definition) is 4. The zero-order valence-electron chi connectivity index (χ0n) is 10.9. The minimum absolute atomic E-state index is 0. The third-order valence-corrected chi connectivity index (χ3v) is 3.99. The third kappa shape index (κ3) is 7.57. The van der Waals surface area contributed by atoms with Crippen LogP contribution >= 0.6 is 12.4 Å². The first kappa shape index (κ1) is 19.0. The number of amides is 1. The molecule has 2 N–H and O–H groups in total. The van der Waals surface area contributed by atoms with Crippen LogP contribution in [0.2, 0.25) is 0 Å². The number of nitrogens with two attached hydrogens (primary N) is 1. The highest BCUT2D eigenvalue weighted by atomic mass is 35.5. The molecule has 1 amide bonds. The highest BCUT2D eigenvalue weighted by Crippen LogP contribution is 2.14. The molecule has 0 aromatic heterocycles. The van der Waals surface area contributed by atoms with E-state index in [2.05, 4.69) is 0 Å². The summed E-state index contributed by atoms with van der Waals surface area (Å²) in [6, 6.07) is 0. The lowest BCUT2D eigenvalue weighted by atomic mass is 9.93. The summed E-state index contributed by atoms with van der Waals surface area (Å²) in [5, 5.41) is 0. The SMILES string of the molecule is CCS(=O)(=O)CC(=O)N(C)CC(C)(C)CN.Cl. The molecule has 0 aromatic rings. The maximum Gasteiger partial charge on any atom is 0.237 e. The van der Waals surface area contributed by atoms with Gasteiger partial charge in [0.05, 0.1) is 0 Å². The number of rotatable bonds is 6. The van der Waals surface area contributed by atoms with Crippen molar-refractivity contribution < 1.29 is 13.2 Å². The fraction of sp³-hybridized carbons (Fsp3) is 0.900. The largest absolute Gasteiger partial charge is 0.344 e. The Bertz CT molecular complexity index is 341. The topological polar surface area (TPSA) is 80.5 Å². The van der Waals surface area contributed by atoms with Crippen molar-refractivity contribution in [3.05, 3.63) is 0 Å². The second-order valence-corrected chi connectivity index (χ2v) is 7.15. The second-order valence-electron chi connectivity index (χ2n) is 4.79.